The van der Waals surface area contributed by atoms with Crippen molar-refractivity contribution in [3.63, 3.8) is 0 Å². The zero-order chi connectivity index (χ0) is 10.4. The minimum Gasteiger partial charge on any atom is -0.772 e. The molecule has 0 aromatic heterocycles. The van der Waals surface area contributed by atoms with E-state index in [2.05, 4.69) is 6.58 Å². The molecule has 0 saturated heterocycles. The molecule has 0 aliphatic carbocycles. The lowest BCUT2D eigenvalue weighted by Gasteiger charge is -2.21. The molecule has 0 fully saturated rings. The van der Waals surface area contributed by atoms with Gasteiger partial charge in [-0.25, -0.2) is 4.79 Å². The molecule has 4 nitrogen and oxygen atoms in total. The van der Waals surface area contributed by atoms with Gasteiger partial charge in [-0.15, -0.1) is 0 Å². The van der Waals surface area contributed by atoms with Crippen LogP contribution in [0.3, 0.4) is 0 Å². The van der Waals surface area contributed by atoms with Crippen LogP contribution in [0.5, 0.6) is 0 Å². The number of esters is 1. The summed E-state index contributed by atoms with van der Waals surface area (Å²) in [6.45, 7) is 6.59. The maximum atomic E-state index is 10.6. The molecule has 0 saturated carbocycles. The molecule has 0 bridgehead atoms. The number of hydrogen-bond donors (Lipinski definition) is 0. The van der Waals surface area contributed by atoms with Crippen LogP contribution in [-0.2, 0) is 20.6 Å². The Labute approximate surface area is 80.3 Å². The minimum absolute atomic E-state index is 0.0972. The van der Waals surface area contributed by atoms with Crippen molar-refractivity contribution in [1.82, 2.24) is 0 Å². The van der Waals surface area contributed by atoms with E-state index in [4.69, 9.17) is 4.74 Å². The van der Waals surface area contributed by atoms with Gasteiger partial charge in [0.15, 0.2) is 0 Å². The van der Waals surface area contributed by atoms with Crippen LogP contribution >= 0.6 is 0 Å². The molecule has 5 heteroatoms. The molecule has 0 N–H and O–H groups in total. The van der Waals surface area contributed by atoms with E-state index in [1.54, 1.807) is 13.8 Å². The molecule has 76 valence electrons. The van der Waals surface area contributed by atoms with Gasteiger partial charge in [0.2, 0.25) is 0 Å². The second kappa shape index (κ2) is 5.88. The van der Waals surface area contributed by atoms with Crippen molar-refractivity contribution in [2.45, 2.75) is 19.1 Å². The third-order valence-electron chi connectivity index (χ3n) is 1.76. The zero-order valence-corrected chi connectivity index (χ0v) is 8.50. The third-order valence-corrected chi connectivity index (χ3v) is 2.83. The van der Waals surface area contributed by atoms with E-state index in [9.17, 15) is 13.6 Å². The van der Waals surface area contributed by atoms with Crippen molar-refractivity contribution in [1.29, 1.82) is 0 Å². The maximum Gasteiger partial charge on any atom is 0.330 e. The van der Waals surface area contributed by atoms with Crippen LogP contribution < -0.4 is 0 Å². The standard InChI is InChI=1S/C8H14O4S/c1-4-8(9)12-5-6(2)7(3)13(10)11/h4,6-7H,1,5H2,2-3H3,(H,10,11)/p-1. The molecule has 0 aliphatic heterocycles. The van der Waals surface area contributed by atoms with Gasteiger partial charge in [-0.2, -0.15) is 0 Å². The number of carbonyl (C=O) groups is 1. The Hall–Kier alpha value is -0.680. The highest BCUT2D eigenvalue weighted by atomic mass is 32.2. The Morgan fingerprint density at radius 3 is 2.62 bits per heavy atom. The molecule has 0 rings (SSSR count). The predicted octanol–water partition coefficient (Wildman–Crippen LogP) is 0.619. The van der Waals surface area contributed by atoms with Crippen LogP contribution in [0.2, 0.25) is 0 Å². The summed E-state index contributed by atoms with van der Waals surface area (Å²) >= 11 is -2.12. The van der Waals surface area contributed by atoms with Gasteiger partial charge in [0.05, 0.1) is 6.61 Å². The van der Waals surface area contributed by atoms with Gasteiger partial charge in [0.1, 0.15) is 0 Å². The summed E-state index contributed by atoms with van der Waals surface area (Å²) in [5.74, 6) is -0.738. The minimum atomic E-state index is -2.12. The molecule has 3 unspecified atom stereocenters. The molecule has 0 heterocycles. The SMILES string of the molecule is C=CC(=O)OCC(C)C(C)S(=O)[O-]. The summed E-state index contributed by atoms with van der Waals surface area (Å²) in [5, 5.41) is -0.516. The van der Waals surface area contributed by atoms with Crippen molar-refractivity contribution in [3.05, 3.63) is 12.7 Å². The molecule has 0 amide bonds. The number of rotatable bonds is 5. The van der Waals surface area contributed by atoms with Crippen LogP contribution in [-0.4, -0.2) is 26.6 Å². The molecule has 0 spiro atoms. The van der Waals surface area contributed by atoms with E-state index in [0.717, 1.165) is 6.08 Å². The van der Waals surface area contributed by atoms with Gasteiger partial charge in [-0.1, -0.05) is 31.5 Å². The van der Waals surface area contributed by atoms with Crippen molar-refractivity contribution < 1.29 is 18.3 Å². The second-order valence-corrected chi connectivity index (χ2v) is 4.04. The largest absolute Gasteiger partial charge is 0.772 e. The van der Waals surface area contributed by atoms with Crippen molar-refractivity contribution in [2.75, 3.05) is 6.61 Å². The van der Waals surface area contributed by atoms with Gasteiger partial charge in [-0.3, -0.25) is 4.21 Å². The normalized spacial score (nSPS) is 17.2. The average Bonchev–Trinajstić information content (AvgIpc) is 2.11. The van der Waals surface area contributed by atoms with Gasteiger partial charge < -0.3 is 9.29 Å². The quantitative estimate of drug-likeness (QED) is 0.375. The van der Waals surface area contributed by atoms with E-state index >= 15 is 0 Å². The summed E-state index contributed by atoms with van der Waals surface area (Å²) in [4.78, 5) is 10.6. The summed E-state index contributed by atoms with van der Waals surface area (Å²) in [6.07, 6.45) is 1.05. The number of ether oxygens (including phenoxy) is 1. The summed E-state index contributed by atoms with van der Waals surface area (Å²) in [7, 11) is 0. The van der Waals surface area contributed by atoms with Crippen LogP contribution in [0.25, 0.3) is 0 Å². The Morgan fingerprint density at radius 1 is 1.69 bits per heavy atom. The summed E-state index contributed by atoms with van der Waals surface area (Å²) in [5.41, 5.74) is 0. The summed E-state index contributed by atoms with van der Waals surface area (Å²) in [6, 6.07) is 0. The smallest absolute Gasteiger partial charge is 0.330 e. The first kappa shape index (κ1) is 12.3. The average molecular weight is 205 g/mol. The van der Waals surface area contributed by atoms with E-state index in [0.29, 0.717) is 0 Å². The highest BCUT2D eigenvalue weighted by molar-refractivity contribution is 7.79. The molecule has 0 aromatic rings. The molecular weight excluding hydrogens is 192 g/mol. The first-order valence-electron chi connectivity index (χ1n) is 3.86. The fourth-order valence-corrected chi connectivity index (χ4v) is 1.06. The van der Waals surface area contributed by atoms with E-state index in [1.807, 2.05) is 0 Å². The topological polar surface area (TPSA) is 66.4 Å². The number of hydrogen-bond acceptors (Lipinski definition) is 4. The molecule has 3 atom stereocenters. The van der Waals surface area contributed by atoms with Gasteiger partial charge in [0.25, 0.3) is 0 Å². The van der Waals surface area contributed by atoms with Gasteiger partial charge in [-0.05, 0) is 0 Å². The van der Waals surface area contributed by atoms with E-state index in [-0.39, 0.29) is 12.5 Å². The second-order valence-electron chi connectivity index (χ2n) is 2.78. The van der Waals surface area contributed by atoms with E-state index < -0.39 is 22.3 Å². The van der Waals surface area contributed by atoms with Crippen LogP contribution in [0.15, 0.2) is 12.7 Å². The molecule has 13 heavy (non-hydrogen) atoms. The maximum absolute atomic E-state index is 10.6. The van der Waals surface area contributed by atoms with E-state index in [1.165, 1.54) is 0 Å². The van der Waals surface area contributed by atoms with Gasteiger partial charge in [0, 0.05) is 17.2 Å². The van der Waals surface area contributed by atoms with Crippen LogP contribution in [0, 0.1) is 5.92 Å². The fraction of sp³-hybridized carbons (Fsp3) is 0.625. The molecular formula is C8H13O4S-. The molecule has 0 aromatic carbocycles. The Morgan fingerprint density at radius 2 is 2.23 bits per heavy atom. The highest BCUT2D eigenvalue weighted by Crippen LogP contribution is 2.08. The Balaban J connectivity index is 3.86. The Bertz CT molecular complexity index is 214. The lowest BCUT2D eigenvalue weighted by Crippen LogP contribution is -2.24. The first-order chi connectivity index (χ1) is 5.99. The summed E-state index contributed by atoms with van der Waals surface area (Å²) < 4.78 is 25.7. The lowest BCUT2D eigenvalue weighted by molar-refractivity contribution is -0.138. The predicted molar refractivity (Wildman–Crippen MR) is 48.7 cm³/mol. The van der Waals surface area contributed by atoms with Gasteiger partial charge >= 0.3 is 5.97 Å². The molecule has 0 aliphatic rings. The number of carbonyl (C=O) groups excluding carboxylic acids is 1. The fourth-order valence-electron chi connectivity index (χ4n) is 0.598. The van der Waals surface area contributed by atoms with Crippen molar-refractivity contribution in [3.8, 4) is 0 Å². The molecule has 0 radical (unpaired) electrons. The monoisotopic (exact) mass is 205 g/mol. The van der Waals surface area contributed by atoms with Crippen molar-refractivity contribution >= 4 is 17.0 Å². The highest BCUT2D eigenvalue weighted by Gasteiger charge is 2.14. The first-order valence-corrected chi connectivity index (χ1v) is 5.00. The third kappa shape index (κ3) is 4.80. The zero-order valence-electron chi connectivity index (χ0n) is 7.69. The van der Waals surface area contributed by atoms with Crippen LogP contribution in [0.4, 0.5) is 0 Å². The Kier molecular flexibility index (Phi) is 5.57. The lowest BCUT2D eigenvalue weighted by atomic mass is 10.1. The van der Waals surface area contributed by atoms with Crippen molar-refractivity contribution in [2.24, 2.45) is 5.92 Å². The van der Waals surface area contributed by atoms with Crippen LogP contribution in [0.1, 0.15) is 13.8 Å².